The van der Waals surface area contributed by atoms with Crippen molar-refractivity contribution in [3.8, 4) is 0 Å². The fourth-order valence-corrected chi connectivity index (χ4v) is 6.86. The topological polar surface area (TPSA) is 60.9 Å². The van der Waals surface area contributed by atoms with Gasteiger partial charge in [-0.3, -0.25) is 4.79 Å². The molecule has 0 atom stereocenters. The molecule has 0 aromatic rings. The van der Waals surface area contributed by atoms with Crippen molar-refractivity contribution in [3.05, 3.63) is 0 Å². The summed E-state index contributed by atoms with van der Waals surface area (Å²) >= 11 is 0. The van der Waals surface area contributed by atoms with Crippen LogP contribution in [0.4, 0.5) is 0 Å². The Morgan fingerprint density at radius 2 is 1.60 bits per heavy atom. The molecule has 3 heterocycles. The summed E-state index contributed by atoms with van der Waals surface area (Å²) < 4.78 is 26.0. The molecule has 1 amide bonds. The van der Waals surface area contributed by atoms with Crippen LogP contribution in [0.2, 0.25) is 0 Å². The van der Waals surface area contributed by atoms with Crippen molar-refractivity contribution in [3.63, 3.8) is 0 Å². The summed E-state index contributed by atoms with van der Waals surface area (Å²) in [5.41, 5.74) is -0.133. The Labute approximate surface area is 152 Å². The van der Waals surface area contributed by atoms with Crippen molar-refractivity contribution in [2.24, 2.45) is 5.41 Å². The molecule has 144 valence electrons. The molecule has 3 aliphatic rings. The Kier molecular flexibility index (Phi) is 4.97. The van der Waals surface area contributed by atoms with E-state index in [1.54, 1.807) is 11.2 Å². The first-order valence-corrected chi connectivity index (χ1v) is 11.3. The maximum absolute atomic E-state index is 12.2. The van der Waals surface area contributed by atoms with E-state index >= 15 is 0 Å². The number of rotatable bonds is 2. The highest BCUT2D eigenvalue weighted by molar-refractivity contribution is 7.88. The fraction of sp³-hybridized carbons (Fsp3) is 0.944. The molecular weight excluding hydrogens is 338 g/mol. The molecule has 3 aliphatic heterocycles. The van der Waals surface area contributed by atoms with E-state index in [-0.39, 0.29) is 16.9 Å². The summed E-state index contributed by atoms with van der Waals surface area (Å²) in [7, 11) is -3.15. The van der Waals surface area contributed by atoms with Crippen LogP contribution in [-0.4, -0.2) is 79.0 Å². The van der Waals surface area contributed by atoms with Gasteiger partial charge in [0.15, 0.2) is 0 Å². The van der Waals surface area contributed by atoms with Crippen molar-refractivity contribution < 1.29 is 13.2 Å². The van der Waals surface area contributed by atoms with Gasteiger partial charge in [0.05, 0.1) is 6.26 Å². The highest BCUT2D eigenvalue weighted by atomic mass is 32.2. The highest BCUT2D eigenvalue weighted by Gasteiger charge is 2.52. The summed E-state index contributed by atoms with van der Waals surface area (Å²) in [5, 5.41) is 0. The lowest BCUT2D eigenvalue weighted by molar-refractivity contribution is -0.130. The van der Waals surface area contributed by atoms with Crippen LogP contribution >= 0.6 is 0 Å². The van der Waals surface area contributed by atoms with E-state index in [4.69, 9.17) is 0 Å². The van der Waals surface area contributed by atoms with Crippen molar-refractivity contribution in [1.82, 2.24) is 14.1 Å². The van der Waals surface area contributed by atoms with Gasteiger partial charge in [0.1, 0.15) is 0 Å². The SMILES string of the molecule is CC(=O)N1CCC(N2CCC3(CC2)CN(S(C)(=O)=O)C(C)(C)C3)CC1. The fourth-order valence-electron chi connectivity index (χ4n) is 5.39. The molecule has 0 aromatic heterocycles. The van der Waals surface area contributed by atoms with Gasteiger partial charge in [0, 0.05) is 38.1 Å². The number of sulfonamides is 1. The first kappa shape index (κ1) is 19.1. The molecule has 3 rings (SSSR count). The molecule has 1 spiro atoms. The Morgan fingerprint density at radius 1 is 1.04 bits per heavy atom. The monoisotopic (exact) mass is 371 g/mol. The molecule has 6 nitrogen and oxygen atoms in total. The average molecular weight is 372 g/mol. The number of hydrogen-bond acceptors (Lipinski definition) is 4. The Morgan fingerprint density at radius 3 is 2.04 bits per heavy atom. The zero-order valence-electron chi connectivity index (χ0n) is 16.1. The van der Waals surface area contributed by atoms with E-state index in [2.05, 4.69) is 18.7 Å². The quantitative estimate of drug-likeness (QED) is 0.738. The molecule has 3 fully saturated rings. The molecular formula is C18H33N3O3S. The van der Waals surface area contributed by atoms with E-state index in [0.717, 1.165) is 58.3 Å². The van der Waals surface area contributed by atoms with E-state index in [9.17, 15) is 13.2 Å². The second kappa shape index (κ2) is 6.50. The van der Waals surface area contributed by atoms with Crippen LogP contribution in [0.1, 0.15) is 52.9 Å². The normalized spacial score (nSPS) is 28.6. The molecule has 0 aliphatic carbocycles. The van der Waals surface area contributed by atoms with Gasteiger partial charge < -0.3 is 9.80 Å². The Balaban J connectivity index is 1.59. The van der Waals surface area contributed by atoms with Crippen molar-refractivity contribution >= 4 is 15.9 Å². The third-order valence-electron chi connectivity index (χ3n) is 6.65. The second-order valence-corrected chi connectivity index (χ2v) is 10.9. The van der Waals surface area contributed by atoms with Gasteiger partial charge in [-0.2, -0.15) is 4.31 Å². The van der Waals surface area contributed by atoms with Crippen LogP contribution in [-0.2, 0) is 14.8 Å². The van der Waals surface area contributed by atoms with Crippen molar-refractivity contribution in [1.29, 1.82) is 0 Å². The van der Waals surface area contributed by atoms with Crippen molar-refractivity contribution in [2.45, 2.75) is 64.5 Å². The van der Waals surface area contributed by atoms with E-state index < -0.39 is 10.0 Å². The number of carbonyl (C=O) groups excluding carboxylic acids is 1. The molecule has 0 unspecified atom stereocenters. The van der Waals surface area contributed by atoms with Crippen LogP contribution in [0.3, 0.4) is 0 Å². The molecule has 0 saturated carbocycles. The van der Waals surface area contributed by atoms with Gasteiger partial charge >= 0.3 is 0 Å². The Bertz CT molecular complexity index is 615. The van der Waals surface area contributed by atoms with Crippen LogP contribution in [0, 0.1) is 5.41 Å². The van der Waals surface area contributed by atoms with Crippen LogP contribution in [0.15, 0.2) is 0 Å². The molecule has 0 aromatic carbocycles. The summed E-state index contributed by atoms with van der Waals surface area (Å²) in [6, 6.07) is 0.577. The smallest absolute Gasteiger partial charge is 0.219 e. The number of piperidine rings is 2. The lowest BCUT2D eigenvalue weighted by Gasteiger charge is -2.45. The predicted octanol–water partition coefficient (Wildman–Crippen LogP) is 1.52. The number of amides is 1. The number of carbonyl (C=O) groups is 1. The first-order valence-electron chi connectivity index (χ1n) is 9.50. The summed E-state index contributed by atoms with van der Waals surface area (Å²) in [6.45, 7) is 10.3. The van der Waals surface area contributed by atoms with E-state index in [1.807, 2.05) is 4.90 Å². The molecule has 0 radical (unpaired) electrons. The zero-order chi connectivity index (χ0) is 18.5. The third kappa shape index (κ3) is 3.88. The van der Waals surface area contributed by atoms with Gasteiger partial charge in [-0.1, -0.05) is 0 Å². The van der Waals surface area contributed by atoms with Gasteiger partial charge in [-0.25, -0.2) is 8.42 Å². The molecule has 0 bridgehead atoms. The molecule has 25 heavy (non-hydrogen) atoms. The third-order valence-corrected chi connectivity index (χ3v) is 8.07. The minimum atomic E-state index is -3.15. The molecule has 3 saturated heterocycles. The van der Waals surface area contributed by atoms with Gasteiger partial charge in [-0.15, -0.1) is 0 Å². The highest BCUT2D eigenvalue weighted by Crippen LogP contribution is 2.49. The number of nitrogens with zero attached hydrogens (tertiary/aromatic N) is 3. The lowest BCUT2D eigenvalue weighted by atomic mass is 9.74. The van der Waals surface area contributed by atoms with Gasteiger partial charge in [0.2, 0.25) is 15.9 Å². The van der Waals surface area contributed by atoms with Crippen LogP contribution in [0.25, 0.3) is 0 Å². The van der Waals surface area contributed by atoms with E-state index in [0.29, 0.717) is 12.6 Å². The number of likely N-dealkylation sites (tertiary alicyclic amines) is 2. The zero-order valence-corrected chi connectivity index (χ0v) is 16.9. The first-order chi connectivity index (χ1) is 11.5. The largest absolute Gasteiger partial charge is 0.343 e. The maximum atomic E-state index is 12.2. The van der Waals surface area contributed by atoms with Gasteiger partial charge in [-0.05, 0) is 64.5 Å². The molecule has 7 heteroatoms. The summed E-state index contributed by atoms with van der Waals surface area (Å²) in [6.07, 6.45) is 6.58. The minimum absolute atomic E-state index is 0.142. The van der Waals surface area contributed by atoms with Crippen LogP contribution in [0.5, 0.6) is 0 Å². The minimum Gasteiger partial charge on any atom is -0.343 e. The second-order valence-electron chi connectivity index (χ2n) is 9.03. The molecule has 0 N–H and O–H groups in total. The summed E-state index contributed by atoms with van der Waals surface area (Å²) in [5.74, 6) is 0.185. The number of hydrogen-bond donors (Lipinski definition) is 0. The predicted molar refractivity (Wildman–Crippen MR) is 98.8 cm³/mol. The summed E-state index contributed by atoms with van der Waals surface area (Å²) in [4.78, 5) is 16.0. The van der Waals surface area contributed by atoms with Gasteiger partial charge in [0.25, 0.3) is 0 Å². The van der Waals surface area contributed by atoms with E-state index in [1.165, 1.54) is 6.26 Å². The standard InChI is InChI=1S/C18H33N3O3S/c1-15(22)19-9-5-16(6-10-19)20-11-7-18(8-12-20)13-17(2,3)21(14-18)25(4,23)24/h16H,5-14H2,1-4H3. The average Bonchev–Trinajstić information content (AvgIpc) is 2.79. The Hall–Kier alpha value is -0.660. The lowest BCUT2D eigenvalue weighted by Crippen LogP contribution is -2.50. The van der Waals surface area contributed by atoms with Crippen LogP contribution < -0.4 is 0 Å². The van der Waals surface area contributed by atoms with Crippen molar-refractivity contribution in [2.75, 3.05) is 39.0 Å². The maximum Gasteiger partial charge on any atom is 0.219 e.